The minimum atomic E-state index is -0.160. The van der Waals surface area contributed by atoms with Crippen LogP contribution in [-0.2, 0) is 4.74 Å². The SMILES string of the molecule is COCCNC(=O)c1cccc(-c2ccc(=O)n(C3CCC(CN)CC3)n2)c1. The third kappa shape index (κ3) is 4.85. The van der Waals surface area contributed by atoms with Gasteiger partial charge in [0.25, 0.3) is 11.5 Å². The molecule has 1 aromatic heterocycles. The van der Waals surface area contributed by atoms with Crippen LogP contribution in [0, 0.1) is 5.92 Å². The van der Waals surface area contributed by atoms with Crippen LogP contribution in [0.4, 0.5) is 0 Å². The molecule has 0 atom stereocenters. The molecule has 1 aromatic carbocycles. The number of hydrogen-bond donors (Lipinski definition) is 2. The van der Waals surface area contributed by atoms with Crippen LogP contribution in [0.5, 0.6) is 0 Å². The van der Waals surface area contributed by atoms with E-state index in [1.54, 1.807) is 36.1 Å². The van der Waals surface area contributed by atoms with E-state index < -0.39 is 0 Å². The van der Waals surface area contributed by atoms with Crippen molar-refractivity contribution in [2.75, 3.05) is 26.8 Å². The molecule has 1 fully saturated rings. The average molecular weight is 384 g/mol. The largest absolute Gasteiger partial charge is 0.383 e. The predicted octanol–water partition coefficient (Wildman–Crippen LogP) is 1.98. The Hall–Kier alpha value is -2.51. The summed E-state index contributed by atoms with van der Waals surface area (Å²) in [5, 5.41) is 7.42. The average Bonchev–Trinajstić information content (AvgIpc) is 2.74. The van der Waals surface area contributed by atoms with Crippen molar-refractivity contribution in [2.24, 2.45) is 11.7 Å². The number of methoxy groups -OCH3 is 1. The van der Waals surface area contributed by atoms with Crippen LogP contribution in [0.25, 0.3) is 11.3 Å². The number of aromatic nitrogens is 2. The number of carbonyl (C=O) groups is 1. The van der Waals surface area contributed by atoms with E-state index in [9.17, 15) is 9.59 Å². The van der Waals surface area contributed by atoms with Crippen molar-refractivity contribution in [2.45, 2.75) is 31.7 Å². The Balaban J connectivity index is 1.80. The third-order valence-electron chi connectivity index (χ3n) is 5.33. The molecule has 0 spiro atoms. The van der Waals surface area contributed by atoms with Crippen LogP contribution >= 0.6 is 0 Å². The Morgan fingerprint density at radius 3 is 2.75 bits per heavy atom. The Bertz CT molecular complexity index is 857. The van der Waals surface area contributed by atoms with E-state index in [0.717, 1.165) is 31.2 Å². The first-order chi connectivity index (χ1) is 13.6. The van der Waals surface area contributed by atoms with Gasteiger partial charge in [0.2, 0.25) is 0 Å². The van der Waals surface area contributed by atoms with Crippen molar-refractivity contribution in [3.8, 4) is 11.3 Å². The smallest absolute Gasteiger partial charge is 0.267 e. The Labute approximate surface area is 164 Å². The lowest BCUT2D eigenvalue weighted by Crippen LogP contribution is -2.31. The molecule has 7 nitrogen and oxygen atoms in total. The molecular formula is C21H28N4O3. The first-order valence-corrected chi connectivity index (χ1v) is 9.80. The van der Waals surface area contributed by atoms with E-state index in [2.05, 4.69) is 10.4 Å². The van der Waals surface area contributed by atoms with Gasteiger partial charge in [-0.15, -0.1) is 0 Å². The van der Waals surface area contributed by atoms with Gasteiger partial charge in [0.05, 0.1) is 18.3 Å². The number of rotatable bonds is 7. The van der Waals surface area contributed by atoms with Gasteiger partial charge in [0, 0.05) is 30.8 Å². The summed E-state index contributed by atoms with van der Waals surface area (Å²) in [4.78, 5) is 24.7. The predicted molar refractivity (Wildman–Crippen MR) is 108 cm³/mol. The van der Waals surface area contributed by atoms with Crippen molar-refractivity contribution in [3.05, 3.63) is 52.3 Å². The van der Waals surface area contributed by atoms with Gasteiger partial charge in [-0.1, -0.05) is 12.1 Å². The van der Waals surface area contributed by atoms with E-state index in [1.807, 2.05) is 12.1 Å². The molecule has 0 radical (unpaired) electrons. The molecule has 3 N–H and O–H groups in total. The van der Waals surface area contributed by atoms with Crippen molar-refractivity contribution >= 4 is 5.91 Å². The number of amides is 1. The number of nitrogens with zero attached hydrogens (tertiary/aromatic N) is 2. The molecule has 0 unspecified atom stereocenters. The van der Waals surface area contributed by atoms with Crippen LogP contribution in [0.3, 0.4) is 0 Å². The number of nitrogens with two attached hydrogens (primary N) is 1. The van der Waals surface area contributed by atoms with Gasteiger partial charge < -0.3 is 15.8 Å². The fourth-order valence-corrected chi connectivity index (χ4v) is 3.65. The second-order valence-electron chi connectivity index (χ2n) is 7.24. The van der Waals surface area contributed by atoms with Gasteiger partial charge in [-0.05, 0) is 56.3 Å². The maximum absolute atomic E-state index is 12.4. The first kappa shape index (κ1) is 20.2. The molecule has 0 aliphatic heterocycles. The van der Waals surface area contributed by atoms with E-state index in [0.29, 0.717) is 36.9 Å². The molecule has 2 aromatic rings. The van der Waals surface area contributed by atoms with Gasteiger partial charge in [0.1, 0.15) is 0 Å². The molecule has 1 aliphatic rings. The number of carbonyl (C=O) groups excluding carboxylic acids is 1. The summed E-state index contributed by atoms with van der Waals surface area (Å²) in [7, 11) is 1.59. The highest BCUT2D eigenvalue weighted by Gasteiger charge is 2.23. The van der Waals surface area contributed by atoms with E-state index in [4.69, 9.17) is 10.5 Å². The highest BCUT2D eigenvalue weighted by Crippen LogP contribution is 2.30. The van der Waals surface area contributed by atoms with Crippen molar-refractivity contribution in [1.29, 1.82) is 0 Å². The van der Waals surface area contributed by atoms with Gasteiger partial charge >= 0.3 is 0 Å². The Kier molecular flexibility index (Phi) is 6.95. The molecular weight excluding hydrogens is 356 g/mol. The second kappa shape index (κ2) is 9.61. The zero-order chi connectivity index (χ0) is 19.9. The molecule has 1 amide bonds. The lowest BCUT2D eigenvalue weighted by Gasteiger charge is -2.28. The van der Waals surface area contributed by atoms with Crippen molar-refractivity contribution in [1.82, 2.24) is 15.1 Å². The van der Waals surface area contributed by atoms with Gasteiger partial charge in [-0.3, -0.25) is 9.59 Å². The van der Waals surface area contributed by atoms with Crippen LogP contribution in [0.15, 0.2) is 41.2 Å². The first-order valence-electron chi connectivity index (χ1n) is 9.80. The minimum Gasteiger partial charge on any atom is -0.383 e. The summed E-state index contributed by atoms with van der Waals surface area (Å²) in [5.41, 5.74) is 7.73. The molecule has 0 bridgehead atoms. The summed E-state index contributed by atoms with van der Waals surface area (Å²) in [6.07, 6.45) is 3.88. The van der Waals surface area contributed by atoms with Crippen molar-refractivity contribution < 1.29 is 9.53 Å². The van der Waals surface area contributed by atoms with E-state index in [-0.39, 0.29) is 17.5 Å². The Morgan fingerprint density at radius 1 is 1.25 bits per heavy atom. The number of nitrogens with one attached hydrogen (secondary N) is 1. The molecule has 1 aliphatic carbocycles. The summed E-state index contributed by atoms with van der Waals surface area (Å²) in [6.45, 7) is 1.62. The maximum Gasteiger partial charge on any atom is 0.267 e. The zero-order valence-corrected chi connectivity index (χ0v) is 16.3. The quantitative estimate of drug-likeness (QED) is 0.711. The van der Waals surface area contributed by atoms with Crippen molar-refractivity contribution in [3.63, 3.8) is 0 Å². The fourth-order valence-electron chi connectivity index (χ4n) is 3.65. The highest BCUT2D eigenvalue weighted by atomic mass is 16.5. The molecule has 3 rings (SSSR count). The monoisotopic (exact) mass is 384 g/mol. The number of benzene rings is 1. The molecule has 0 saturated heterocycles. The van der Waals surface area contributed by atoms with Gasteiger partial charge in [0.15, 0.2) is 0 Å². The Morgan fingerprint density at radius 2 is 2.04 bits per heavy atom. The maximum atomic E-state index is 12.4. The highest BCUT2D eigenvalue weighted by molar-refractivity contribution is 5.95. The molecule has 7 heteroatoms. The van der Waals surface area contributed by atoms with Crippen LogP contribution in [0.2, 0.25) is 0 Å². The standard InChI is InChI=1S/C21H28N4O3/c1-28-12-11-23-21(27)17-4-2-3-16(13-17)19-9-10-20(26)25(24-19)18-7-5-15(14-22)6-8-18/h2-4,9-10,13,15,18H,5-8,11-12,14,22H2,1H3,(H,23,27). The molecule has 28 heavy (non-hydrogen) atoms. The number of ether oxygens (including phenoxy) is 1. The summed E-state index contributed by atoms with van der Waals surface area (Å²) < 4.78 is 6.56. The minimum absolute atomic E-state index is 0.0894. The van der Waals surface area contributed by atoms with Crippen LogP contribution in [0.1, 0.15) is 42.1 Å². The molecule has 1 heterocycles. The fraction of sp³-hybridized carbons (Fsp3) is 0.476. The zero-order valence-electron chi connectivity index (χ0n) is 16.3. The summed E-state index contributed by atoms with van der Waals surface area (Å²) in [6, 6.07) is 10.7. The topological polar surface area (TPSA) is 99.2 Å². The lowest BCUT2D eigenvalue weighted by atomic mass is 9.86. The summed E-state index contributed by atoms with van der Waals surface area (Å²) in [5.74, 6) is 0.385. The molecule has 150 valence electrons. The molecule has 1 saturated carbocycles. The normalized spacial score (nSPS) is 19.4. The van der Waals surface area contributed by atoms with Crippen LogP contribution < -0.4 is 16.6 Å². The van der Waals surface area contributed by atoms with Crippen LogP contribution in [-0.4, -0.2) is 42.5 Å². The lowest BCUT2D eigenvalue weighted by molar-refractivity contribution is 0.0937. The van der Waals surface area contributed by atoms with Gasteiger partial charge in [-0.25, -0.2) is 4.68 Å². The van der Waals surface area contributed by atoms with E-state index in [1.165, 1.54) is 0 Å². The summed E-state index contributed by atoms with van der Waals surface area (Å²) >= 11 is 0. The number of hydrogen-bond acceptors (Lipinski definition) is 5. The third-order valence-corrected chi connectivity index (χ3v) is 5.33. The second-order valence-corrected chi connectivity index (χ2v) is 7.24. The van der Waals surface area contributed by atoms with E-state index >= 15 is 0 Å². The van der Waals surface area contributed by atoms with Gasteiger partial charge in [-0.2, -0.15) is 5.10 Å².